The minimum absolute atomic E-state index is 0.0254. The SMILES string of the molecule is O=C(NC(F)=C1CCCC1C(=O)O)OCc1ccccc1. The van der Waals surface area contributed by atoms with Gasteiger partial charge in [-0.1, -0.05) is 30.3 Å². The Bertz CT molecular complexity index is 556. The quantitative estimate of drug-likeness (QED) is 0.837. The van der Waals surface area contributed by atoms with Gasteiger partial charge < -0.3 is 9.84 Å². The van der Waals surface area contributed by atoms with Crippen LogP contribution < -0.4 is 5.32 Å². The average molecular weight is 293 g/mol. The van der Waals surface area contributed by atoms with Crippen LogP contribution >= 0.6 is 0 Å². The van der Waals surface area contributed by atoms with Gasteiger partial charge >= 0.3 is 12.1 Å². The standard InChI is InChI=1S/C15H16FNO4/c16-13(11-7-4-8-12(11)14(18)19)17-15(20)21-9-10-5-2-1-3-6-10/h1-3,5-6,12H,4,7-9H2,(H,17,20)(H,18,19). The van der Waals surface area contributed by atoms with Crippen LogP contribution in [0.4, 0.5) is 9.18 Å². The maximum atomic E-state index is 13.9. The molecule has 1 aliphatic rings. The Labute approximate surface area is 121 Å². The zero-order valence-electron chi connectivity index (χ0n) is 11.3. The lowest BCUT2D eigenvalue weighted by Gasteiger charge is -2.10. The monoisotopic (exact) mass is 293 g/mol. The Morgan fingerprint density at radius 1 is 1.33 bits per heavy atom. The van der Waals surface area contributed by atoms with Crippen molar-refractivity contribution in [3.05, 3.63) is 47.4 Å². The van der Waals surface area contributed by atoms with E-state index in [1.54, 1.807) is 24.3 Å². The van der Waals surface area contributed by atoms with Gasteiger partial charge in [-0.15, -0.1) is 0 Å². The van der Waals surface area contributed by atoms with Crippen LogP contribution in [-0.4, -0.2) is 17.2 Å². The molecule has 0 heterocycles. The zero-order valence-corrected chi connectivity index (χ0v) is 11.3. The normalized spacial score (nSPS) is 20.0. The third-order valence-corrected chi connectivity index (χ3v) is 3.36. The number of carboxylic acid groups (broad SMARTS) is 1. The summed E-state index contributed by atoms with van der Waals surface area (Å²) in [6.45, 7) is 0.0254. The number of ether oxygens (including phenoxy) is 1. The van der Waals surface area contributed by atoms with Gasteiger partial charge in [0.15, 0.2) is 5.95 Å². The lowest BCUT2D eigenvalue weighted by Crippen LogP contribution is -2.24. The molecule has 0 aliphatic heterocycles. The maximum Gasteiger partial charge on any atom is 0.413 e. The van der Waals surface area contributed by atoms with Crippen LogP contribution in [0.3, 0.4) is 0 Å². The number of benzene rings is 1. The van der Waals surface area contributed by atoms with Crippen molar-refractivity contribution in [2.24, 2.45) is 5.92 Å². The van der Waals surface area contributed by atoms with Gasteiger partial charge in [0.25, 0.3) is 0 Å². The number of aliphatic carboxylic acids is 1. The molecule has 1 amide bonds. The molecule has 1 atom stereocenters. The largest absolute Gasteiger partial charge is 0.481 e. The van der Waals surface area contributed by atoms with Gasteiger partial charge in [0.05, 0.1) is 5.92 Å². The summed E-state index contributed by atoms with van der Waals surface area (Å²) in [7, 11) is 0. The summed E-state index contributed by atoms with van der Waals surface area (Å²) < 4.78 is 18.8. The Hall–Kier alpha value is -2.37. The van der Waals surface area contributed by atoms with Gasteiger partial charge in [0.2, 0.25) is 0 Å². The molecule has 1 fully saturated rings. The van der Waals surface area contributed by atoms with E-state index >= 15 is 0 Å². The molecule has 2 N–H and O–H groups in total. The number of amides is 1. The fraction of sp³-hybridized carbons (Fsp3) is 0.333. The van der Waals surface area contributed by atoms with Crippen molar-refractivity contribution in [3.63, 3.8) is 0 Å². The highest BCUT2D eigenvalue weighted by molar-refractivity contribution is 5.75. The Balaban J connectivity index is 1.91. The molecule has 1 aromatic carbocycles. The van der Waals surface area contributed by atoms with Crippen LogP contribution in [0.1, 0.15) is 24.8 Å². The number of halogens is 1. The number of hydrogen-bond acceptors (Lipinski definition) is 3. The number of carbonyl (C=O) groups is 2. The fourth-order valence-electron chi connectivity index (χ4n) is 2.31. The molecule has 6 heteroatoms. The molecule has 2 rings (SSSR count). The lowest BCUT2D eigenvalue weighted by molar-refractivity contribution is -0.140. The van der Waals surface area contributed by atoms with Crippen LogP contribution in [0.5, 0.6) is 0 Å². The summed E-state index contributed by atoms with van der Waals surface area (Å²) in [6, 6.07) is 8.99. The second kappa shape index (κ2) is 6.88. The van der Waals surface area contributed by atoms with Crippen molar-refractivity contribution >= 4 is 12.1 Å². The second-order valence-corrected chi connectivity index (χ2v) is 4.81. The van der Waals surface area contributed by atoms with Crippen molar-refractivity contribution in [2.45, 2.75) is 25.9 Å². The molecule has 0 bridgehead atoms. The van der Waals surface area contributed by atoms with E-state index in [2.05, 4.69) is 0 Å². The topological polar surface area (TPSA) is 75.6 Å². The van der Waals surface area contributed by atoms with Crippen molar-refractivity contribution in [3.8, 4) is 0 Å². The highest BCUT2D eigenvalue weighted by atomic mass is 19.1. The van der Waals surface area contributed by atoms with Crippen LogP contribution in [-0.2, 0) is 16.1 Å². The number of alkyl carbamates (subject to hydrolysis) is 1. The summed E-state index contributed by atoms with van der Waals surface area (Å²) in [4.78, 5) is 22.5. The molecule has 21 heavy (non-hydrogen) atoms. The summed E-state index contributed by atoms with van der Waals surface area (Å²) in [5, 5.41) is 10.9. The molecule has 0 saturated heterocycles. The third-order valence-electron chi connectivity index (χ3n) is 3.36. The minimum atomic E-state index is -1.07. The van der Waals surface area contributed by atoms with Gasteiger partial charge in [0, 0.05) is 0 Å². The van der Waals surface area contributed by atoms with Crippen molar-refractivity contribution in [1.82, 2.24) is 5.32 Å². The Kier molecular flexibility index (Phi) is 4.92. The Morgan fingerprint density at radius 2 is 2.05 bits per heavy atom. The molecule has 0 aromatic heterocycles. The van der Waals surface area contributed by atoms with E-state index in [4.69, 9.17) is 9.84 Å². The van der Waals surface area contributed by atoms with Crippen LogP contribution in [0, 0.1) is 5.92 Å². The van der Waals surface area contributed by atoms with E-state index in [0.717, 1.165) is 5.56 Å². The van der Waals surface area contributed by atoms with Gasteiger partial charge in [0.1, 0.15) is 6.61 Å². The fourth-order valence-corrected chi connectivity index (χ4v) is 2.31. The molecule has 0 spiro atoms. The second-order valence-electron chi connectivity index (χ2n) is 4.81. The summed E-state index contributed by atoms with van der Waals surface area (Å²) in [5.74, 6) is -2.84. The number of carbonyl (C=O) groups excluding carboxylic acids is 1. The van der Waals surface area contributed by atoms with E-state index in [1.165, 1.54) is 0 Å². The van der Waals surface area contributed by atoms with E-state index in [1.807, 2.05) is 11.4 Å². The number of nitrogens with one attached hydrogen (secondary N) is 1. The third kappa shape index (κ3) is 4.05. The van der Waals surface area contributed by atoms with Crippen LogP contribution in [0.2, 0.25) is 0 Å². The van der Waals surface area contributed by atoms with Gasteiger partial charge in [-0.2, -0.15) is 4.39 Å². The van der Waals surface area contributed by atoms with E-state index in [9.17, 15) is 14.0 Å². The van der Waals surface area contributed by atoms with Crippen LogP contribution in [0.25, 0.3) is 0 Å². The number of hydrogen-bond donors (Lipinski definition) is 2. The number of rotatable bonds is 4. The highest BCUT2D eigenvalue weighted by Gasteiger charge is 2.31. The molecule has 5 nitrogen and oxygen atoms in total. The first-order valence-corrected chi connectivity index (χ1v) is 6.67. The number of carboxylic acids is 1. The summed E-state index contributed by atoms with van der Waals surface area (Å²) >= 11 is 0. The highest BCUT2D eigenvalue weighted by Crippen LogP contribution is 2.33. The predicted molar refractivity (Wildman–Crippen MR) is 72.9 cm³/mol. The van der Waals surface area contributed by atoms with Gasteiger partial charge in [-0.25, -0.2) is 4.79 Å². The molecule has 1 saturated carbocycles. The minimum Gasteiger partial charge on any atom is -0.481 e. The van der Waals surface area contributed by atoms with E-state index in [0.29, 0.717) is 19.3 Å². The smallest absolute Gasteiger partial charge is 0.413 e. The van der Waals surface area contributed by atoms with Crippen molar-refractivity contribution < 1.29 is 23.8 Å². The molecule has 0 radical (unpaired) electrons. The molecule has 1 aromatic rings. The van der Waals surface area contributed by atoms with Gasteiger partial charge in [-0.05, 0) is 30.4 Å². The zero-order chi connectivity index (χ0) is 15.2. The van der Waals surface area contributed by atoms with Gasteiger partial charge in [-0.3, -0.25) is 10.1 Å². The molecule has 1 aliphatic carbocycles. The molecule has 112 valence electrons. The van der Waals surface area contributed by atoms with Crippen molar-refractivity contribution in [1.29, 1.82) is 0 Å². The lowest BCUT2D eigenvalue weighted by atomic mass is 10.0. The predicted octanol–water partition coefficient (Wildman–Crippen LogP) is 2.98. The first-order chi connectivity index (χ1) is 10.1. The Morgan fingerprint density at radius 3 is 2.71 bits per heavy atom. The average Bonchev–Trinajstić information content (AvgIpc) is 2.96. The van der Waals surface area contributed by atoms with Crippen LogP contribution in [0.15, 0.2) is 41.9 Å². The summed E-state index contributed by atoms with van der Waals surface area (Å²) in [5.41, 5.74) is 0.907. The first-order valence-electron chi connectivity index (χ1n) is 6.67. The van der Waals surface area contributed by atoms with E-state index in [-0.39, 0.29) is 12.2 Å². The molecule has 1 unspecified atom stereocenters. The molecular formula is C15H16FNO4. The maximum absolute atomic E-state index is 13.9. The van der Waals surface area contributed by atoms with E-state index < -0.39 is 23.9 Å². The molecular weight excluding hydrogens is 277 g/mol. The van der Waals surface area contributed by atoms with Crippen molar-refractivity contribution in [2.75, 3.05) is 0 Å². The first kappa shape index (κ1) is 15.0. The summed E-state index contributed by atoms with van der Waals surface area (Å²) in [6.07, 6.45) is 0.390.